The molecule has 0 spiro atoms. The Morgan fingerprint density at radius 2 is 1.79 bits per heavy atom. The smallest absolute Gasteiger partial charge is 0.176 e. The van der Waals surface area contributed by atoms with Crippen LogP contribution in [0, 0.1) is 0 Å². The van der Waals surface area contributed by atoms with Crippen LogP contribution in [0.5, 0.6) is 0 Å². The van der Waals surface area contributed by atoms with Crippen LogP contribution in [0.2, 0.25) is 0 Å². The van der Waals surface area contributed by atoms with Gasteiger partial charge in [-0.15, -0.1) is 5.10 Å². The van der Waals surface area contributed by atoms with E-state index in [1.165, 1.54) is 6.26 Å². The van der Waals surface area contributed by atoms with Gasteiger partial charge < -0.3 is 0 Å². The molecule has 1 aromatic heterocycles. The maximum atomic E-state index is 11.5. The maximum absolute atomic E-state index is 11.5. The van der Waals surface area contributed by atoms with Gasteiger partial charge in [-0.05, 0) is 24.6 Å². The number of hydrogen-bond acceptors (Lipinski definition) is 6. The van der Waals surface area contributed by atoms with Gasteiger partial charge in [-0.3, -0.25) is 5.43 Å². The molecule has 0 bridgehead atoms. The van der Waals surface area contributed by atoms with Crippen LogP contribution in [0.3, 0.4) is 0 Å². The van der Waals surface area contributed by atoms with Crippen LogP contribution in [-0.4, -0.2) is 30.6 Å². The zero-order valence-electron chi connectivity index (χ0n) is 13.3. The standard InChI is InChI=1S/C17H16N4O2S/c1-12(13-7-9-15(10-8-13)24(2,22)23)19-21-17-16-6-4-3-5-14(16)11-18-20-17/h3-11H,1-2H3,(H,20,21). The lowest BCUT2D eigenvalue weighted by Gasteiger charge is -2.06. The van der Waals surface area contributed by atoms with Crippen molar-refractivity contribution in [3.63, 3.8) is 0 Å². The molecule has 0 amide bonds. The number of anilines is 1. The van der Waals surface area contributed by atoms with E-state index in [0.717, 1.165) is 16.3 Å². The molecule has 0 aliphatic rings. The van der Waals surface area contributed by atoms with Gasteiger partial charge >= 0.3 is 0 Å². The summed E-state index contributed by atoms with van der Waals surface area (Å²) in [7, 11) is -3.20. The molecule has 7 heteroatoms. The van der Waals surface area contributed by atoms with Crippen LogP contribution >= 0.6 is 0 Å². The highest BCUT2D eigenvalue weighted by atomic mass is 32.2. The van der Waals surface area contributed by atoms with Gasteiger partial charge in [-0.2, -0.15) is 10.2 Å². The minimum Gasteiger partial charge on any atom is -0.259 e. The molecule has 0 saturated carbocycles. The first kappa shape index (κ1) is 16.1. The fourth-order valence-electron chi connectivity index (χ4n) is 2.26. The molecule has 24 heavy (non-hydrogen) atoms. The molecule has 1 N–H and O–H groups in total. The highest BCUT2D eigenvalue weighted by molar-refractivity contribution is 7.90. The summed E-state index contributed by atoms with van der Waals surface area (Å²) >= 11 is 0. The van der Waals surface area contributed by atoms with Crippen molar-refractivity contribution in [3.05, 3.63) is 60.3 Å². The molecule has 0 aliphatic carbocycles. The van der Waals surface area contributed by atoms with E-state index in [4.69, 9.17) is 0 Å². The fraction of sp³-hybridized carbons (Fsp3) is 0.118. The highest BCUT2D eigenvalue weighted by Crippen LogP contribution is 2.19. The molecule has 3 rings (SSSR count). The first-order chi connectivity index (χ1) is 11.4. The van der Waals surface area contributed by atoms with Crippen molar-refractivity contribution < 1.29 is 8.42 Å². The third-order valence-corrected chi connectivity index (χ3v) is 4.73. The molecule has 122 valence electrons. The second-order valence-corrected chi connectivity index (χ2v) is 7.40. The summed E-state index contributed by atoms with van der Waals surface area (Å²) in [6.07, 6.45) is 2.88. The second-order valence-electron chi connectivity index (χ2n) is 5.39. The van der Waals surface area contributed by atoms with Gasteiger partial charge in [0.1, 0.15) is 0 Å². The molecule has 2 aromatic carbocycles. The van der Waals surface area contributed by atoms with E-state index < -0.39 is 9.84 Å². The Bertz CT molecular complexity index is 1010. The molecular weight excluding hydrogens is 324 g/mol. The summed E-state index contributed by atoms with van der Waals surface area (Å²) in [6, 6.07) is 14.4. The summed E-state index contributed by atoms with van der Waals surface area (Å²) in [4.78, 5) is 0.284. The number of aromatic nitrogens is 2. The quantitative estimate of drug-likeness (QED) is 0.583. The average molecular weight is 340 g/mol. The first-order valence-electron chi connectivity index (χ1n) is 7.26. The SMILES string of the molecule is CC(=NNc1nncc2ccccc12)c1ccc(S(C)(=O)=O)cc1. The Labute approximate surface area is 140 Å². The van der Waals surface area contributed by atoms with E-state index in [1.54, 1.807) is 30.5 Å². The van der Waals surface area contributed by atoms with E-state index >= 15 is 0 Å². The molecule has 0 unspecified atom stereocenters. The Balaban J connectivity index is 1.86. The molecule has 0 aliphatic heterocycles. The number of benzene rings is 2. The molecular formula is C17H16N4O2S. The number of sulfone groups is 1. The second kappa shape index (κ2) is 6.37. The largest absolute Gasteiger partial charge is 0.259 e. The number of nitrogens with one attached hydrogen (secondary N) is 1. The average Bonchev–Trinajstić information content (AvgIpc) is 2.59. The third kappa shape index (κ3) is 3.41. The summed E-state index contributed by atoms with van der Waals surface area (Å²) in [5.41, 5.74) is 4.46. The van der Waals surface area contributed by atoms with Crippen molar-refractivity contribution >= 4 is 32.1 Å². The molecule has 0 fully saturated rings. The van der Waals surface area contributed by atoms with E-state index in [2.05, 4.69) is 20.7 Å². The van der Waals surface area contributed by atoms with Gasteiger partial charge in [0.25, 0.3) is 0 Å². The van der Waals surface area contributed by atoms with Crippen molar-refractivity contribution in [3.8, 4) is 0 Å². The molecule has 6 nitrogen and oxygen atoms in total. The van der Waals surface area contributed by atoms with Crippen molar-refractivity contribution in [1.82, 2.24) is 10.2 Å². The maximum Gasteiger partial charge on any atom is 0.176 e. The number of nitrogens with zero attached hydrogens (tertiary/aromatic N) is 3. The minimum atomic E-state index is -3.20. The summed E-state index contributed by atoms with van der Waals surface area (Å²) in [5, 5.41) is 14.2. The summed E-state index contributed by atoms with van der Waals surface area (Å²) < 4.78 is 23.0. The first-order valence-corrected chi connectivity index (χ1v) is 9.15. The van der Waals surface area contributed by atoms with Crippen molar-refractivity contribution in [2.24, 2.45) is 5.10 Å². The van der Waals surface area contributed by atoms with Crippen LogP contribution in [-0.2, 0) is 9.84 Å². The Morgan fingerprint density at radius 3 is 2.50 bits per heavy atom. The van der Waals surface area contributed by atoms with Crippen molar-refractivity contribution in [2.45, 2.75) is 11.8 Å². The van der Waals surface area contributed by atoms with Crippen LogP contribution in [0.15, 0.2) is 64.7 Å². The van der Waals surface area contributed by atoms with Gasteiger partial charge in [-0.25, -0.2) is 8.42 Å². The Hall–Kier alpha value is -2.80. The summed E-state index contributed by atoms with van der Waals surface area (Å²) in [6.45, 7) is 1.83. The number of hydrazone groups is 1. The molecule has 0 saturated heterocycles. The van der Waals surface area contributed by atoms with E-state index in [-0.39, 0.29) is 4.90 Å². The number of hydrogen-bond donors (Lipinski definition) is 1. The lowest BCUT2D eigenvalue weighted by molar-refractivity contribution is 0.602. The Kier molecular flexibility index (Phi) is 4.26. The highest BCUT2D eigenvalue weighted by Gasteiger charge is 2.07. The lowest BCUT2D eigenvalue weighted by Crippen LogP contribution is -2.03. The van der Waals surface area contributed by atoms with Crippen LogP contribution < -0.4 is 5.43 Å². The number of fused-ring (bicyclic) bond motifs is 1. The predicted octanol–water partition coefficient (Wildman–Crippen LogP) is 2.87. The fourth-order valence-corrected chi connectivity index (χ4v) is 2.89. The van der Waals surface area contributed by atoms with Gasteiger partial charge in [0.15, 0.2) is 15.7 Å². The molecule has 3 aromatic rings. The third-order valence-electron chi connectivity index (χ3n) is 3.60. The topological polar surface area (TPSA) is 84.3 Å². The van der Waals surface area contributed by atoms with Gasteiger partial charge in [-0.1, -0.05) is 36.4 Å². The zero-order chi connectivity index (χ0) is 17.2. The van der Waals surface area contributed by atoms with Gasteiger partial charge in [0, 0.05) is 17.0 Å². The Morgan fingerprint density at radius 1 is 1.08 bits per heavy atom. The van der Waals surface area contributed by atoms with Crippen molar-refractivity contribution in [2.75, 3.05) is 11.7 Å². The molecule has 0 atom stereocenters. The minimum absolute atomic E-state index is 0.284. The van der Waals surface area contributed by atoms with Crippen LogP contribution in [0.4, 0.5) is 5.82 Å². The van der Waals surface area contributed by atoms with Crippen molar-refractivity contribution in [1.29, 1.82) is 0 Å². The summed E-state index contributed by atoms with van der Waals surface area (Å²) in [5.74, 6) is 0.570. The molecule has 0 radical (unpaired) electrons. The van der Waals surface area contributed by atoms with E-state index in [0.29, 0.717) is 11.5 Å². The number of rotatable bonds is 4. The van der Waals surface area contributed by atoms with E-state index in [1.807, 2.05) is 31.2 Å². The van der Waals surface area contributed by atoms with Gasteiger partial charge in [0.2, 0.25) is 0 Å². The zero-order valence-corrected chi connectivity index (χ0v) is 14.1. The lowest BCUT2D eigenvalue weighted by atomic mass is 10.1. The predicted molar refractivity (Wildman–Crippen MR) is 94.9 cm³/mol. The monoisotopic (exact) mass is 340 g/mol. The van der Waals surface area contributed by atoms with Crippen LogP contribution in [0.1, 0.15) is 12.5 Å². The van der Waals surface area contributed by atoms with Crippen LogP contribution in [0.25, 0.3) is 10.8 Å². The van der Waals surface area contributed by atoms with Gasteiger partial charge in [0.05, 0.1) is 16.8 Å². The normalized spacial score (nSPS) is 12.3. The van der Waals surface area contributed by atoms with E-state index in [9.17, 15) is 8.42 Å². The molecule has 1 heterocycles.